The molecule has 0 radical (unpaired) electrons. The summed E-state index contributed by atoms with van der Waals surface area (Å²) in [6.45, 7) is 4.06. The number of rotatable bonds is 2. The van der Waals surface area contributed by atoms with E-state index in [1.807, 2.05) is 13.8 Å². The van der Waals surface area contributed by atoms with Gasteiger partial charge in [-0.05, 0) is 33.1 Å². The molecule has 2 fully saturated rings. The highest BCUT2D eigenvalue weighted by molar-refractivity contribution is 5.73. The average Bonchev–Trinajstić information content (AvgIpc) is 2.63. The number of hydrogen-bond donors (Lipinski definition) is 1. The molecule has 4 heteroatoms. The number of esters is 1. The molecule has 0 aromatic rings. The van der Waals surface area contributed by atoms with Gasteiger partial charge in [0.1, 0.15) is 6.10 Å². The molecule has 1 heterocycles. The van der Waals surface area contributed by atoms with Crippen LogP contribution in [-0.2, 0) is 14.3 Å². The zero-order chi connectivity index (χ0) is 12.4. The van der Waals surface area contributed by atoms with Crippen molar-refractivity contribution in [2.45, 2.75) is 70.3 Å². The fraction of sp³-hybridized carbons (Fsp3) is 0.923. The van der Waals surface area contributed by atoms with E-state index in [1.165, 1.54) is 0 Å². The van der Waals surface area contributed by atoms with Crippen LogP contribution in [0.3, 0.4) is 0 Å². The number of carbonyl (C=O) groups is 1. The van der Waals surface area contributed by atoms with Crippen molar-refractivity contribution in [2.24, 2.45) is 11.7 Å². The van der Waals surface area contributed by atoms with Gasteiger partial charge in [-0.3, -0.25) is 4.79 Å². The second-order valence-corrected chi connectivity index (χ2v) is 5.56. The first-order valence-electron chi connectivity index (χ1n) is 6.66. The van der Waals surface area contributed by atoms with Crippen molar-refractivity contribution in [3.63, 3.8) is 0 Å². The Kier molecular flexibility index (Phi) is 4.05. The Morgan fingerprint density at radius 3 is 2.35 bits per heavy atom. The fourth-order valence-electron chi connectivity index (χ4n) is 2.93. The smallest absolute Gasteiger partial charge is 0.309 e. The lowest BCUT2D eigenvalue weighted by Gasteiger charge is -2.32. The number of carbonyl (C=O) groups excluding carboxylic acids is 1. The Morgan fingerprint density at radius 1 is 1.18 bits per heavy atom. The lowest BCUT2D eigenvalue weighted by atomic mass is 10.0. The molecule has 4 unspecified atom stereocenters. The Labute approximate surface area is 103 Å². The van der Waals surface area contributed by atoms with Gasteiger partial charge in [0, 0.05) is 18.9 Å². The van der Waals surface area contributed by atoms with Crippen LogP contribution >= 0.6 is 0 Å². The summed E-state index contributed by atoms with van der Waals surface area (Å²) in [5, 5.41) is 0. The minimum Gasteiger partial charge on any atom is -0.462 e. The monoisotopic (exact) mass is 241 g/mol. The van der Waals surface area contributed by atoms with Gasteiger partial charge < -0.3 is 15.2 Å². The topological polar surface area (TPSA) is 61.5 Å². The van der Waals surface area contributed by atoms with Gasteiger partial charge in [0.05, 0.1) is 18.1 Å². The van der Waals surface area contributed by atoms with Crippen LogP contribution in [0, 0.1) is 5.92 Å². The largest absolute Gasteiger partial charge is 0.462 e. The molecule has 0 spiro atoms. The Morgan fingerprint density at radius 2 is 1.82 bits per heavy atom. The first-order valence-corrected chi connectivity index (χ1v) is 6.66. The van der Waals surface area contributed by atoms with Crippen LogP contribution in [0.4, 0.5) is 0 Å². The lowest BCUT2D eigenvalue weighted by molar-refractivity contribution is -0.164. The molecule has 1 saturated heterocycles. The number of hydrogen-bond acceptors (Lipinski definition) is 4. The maximum atomic E-state index is 12.0. The van der Waals surface area contributed by atoms with Gasteiger partial charge in [-0.2, -0.15) is 0 Å². The second-order valence-electron chi connectivity index (χ2n) is 5.56. The summed E-state index contributed by atoms with van der Waals surface area (Å²) in [7, 11) is 0. The summed E-state index contributed by atoms with van der Waals surface area (Å²) < 4.78 is 11.2. The van der Waals surface area contributed by atoms with Crippen LogP contribution in [0.5, 0.6) is 0 Å². The molecule has 0 aromatic heterocycles. The molecule has 0 bridgehead atoms. The third kappa shape index (κ3) is 3.42. The van der Waals surface area contributed by atoms with Crippen LogP contribution < -0.4 is 5.73 Å². The maximum absolute atomic E-state index is 12.0. The molecule has 1 saturated carbocycles. The molecule has 17 heavy (non-hydrogen) atoms. The van der Waals surface area contributed by atoms with E-state index in [-0.39, 0.29) is 36.2 Å². The summed E-state index contributed by atoms with van der Waals surface area (Å²) in [6, 6.07) is 0.181. The summed E-state index contributed by atoms with van der Waals surface area (Å²) >= 11 is 0. The van der Waals surface area contributed by atoms with E-state index in [9.17, 15) is 4.79 Å². The molecule has 2 aliphatic rings. The molecule has 4 nitrogen and oxygen atoms in total. The predicted molar refractivity (Wildman–Crippen MR) is 64.4 cm³/mol. The third-order valence-corrected chi connectivity index (χ3v) is 3.74. The van der Waals surface area contributed by atoms with Gasteiger partial charge in [-0.1, -0.05) is 0 Å². The highest BCUT2D eigenvalue weighted by Gasteiger charge is 2.33. The van der Waals surface area contributed by atoms with Crippen molar-refractivity contribution in [3.05, 3.63) is 0 Å². The molecule has 1 aliphatic carbocycles. The summed E-state index contributed by atoms with van der Waals surface area (Å²) in [6.07, 6.45) is 4.63. The van der Waals surface area contributed by atoms with Crippen LogP contribution in [0.25, 0.3) is 0 Å². The van der Waals surface area contributed by atoms with E-state index >= 15 is 0 Å². The van der Waals surface area contributed by atoms with E-state index < -0.39 is 0 Å². The van der Waals surface area contributed by atoms with Crippen molar-refractivity contribution in [3.8, 4) is 0 Å². The number of ether oxygens (including phenoxy) is 2. The highest BCUT2D eigenvalue weighted by atomic mass is 16.6. The first kappa shape index (κ1) is 12.8. The summed E-state index contributed by atoms with van der Waals surface area (Å²) in [5.74, 6) is -0.0253. The molecule has 0 aromatic carbocycles. The zero-order valence-corrected chi connectivity index (χ0v) is 10.7. The van der Waals surface area contributed by atoms with E-state index in [4.69, 9.17) is 15.2 Å². The van der Waals surface area contributed by atoms with Crippen LogP contribution in [0.2, 0.25) is 0 Å². The van der Waals surface area contributed by atoms with E-state index in [1.54, 1.807) is 0 Å². The van der Waals surface area contributed by atoms with Crippen molar-refractivity contribution in [2.75, 3.05) is 0 Å². The van der Waals surface area contributed by atoms with Gasteiger partial charge >= 0.3 is 5.97 Å². The van der Waals surface area contributed by atoms with Crippen LogP contribution in [-0.4, -0.2) is 30.3 Å². The van der Waals surface area contributed by atoms with Crippen LogP contribution in [0.15, 0.2) is 0 Å². The lowest BCUT2D eigenvalue weighted by Crippen LogP contribution is -2.36. The highest BCUT2D eigenvalue weighted by Crippen LogP contribution is 2.28. The van der Waals surface area contributed by atoms with E-state index in [0.29, 0.717) is 0 Å². The SMILES string of the molecule is CC1CC(OC(=O)C2CCC(N)C2)CC(C)O1. The minimum atomic E-state index is -0.0516. The molecule has 98 valence electrons. The predicted octanol–water partition coefficient (Wildman–Crippen LogP) is 1.61. The molecular weight excluding hydrogens is 218 g/mol. The number of nitrogens with two attached hydrogens (primary N) is 1. The molecular formula is C13H23NO3. The molecule has 4 atom stereocenters. The van der Waals surface area contributed by atoms with Gasteiger partial charge in [0.25, 0.3) is 0 Å². The normalized spacial score (nSPS) is 42.4. The maximum Gasteiger partial charge on any atom is 0.309 e. The van der Waals surface area contributed by atoms with Crippen molar-refractivity contribution >= 4 is 5.97 Å². The summed E-state index contributed by atoms with van der Waals surface area (Å²) in [4.78, 5) is 12.0. The molecule has 2 rings (SSSR count). The first-order chi connectivity index (χ1) is 8.04. The Balaban J connectivity index is 1.81. The van der Waals surface area contributed by atoms with Crippen molar-refractivity contribution in [1.29, 1.82) is 0 Å². The van der Waals surface area contributed by atoms with Crippen LogP contribution in [0.1, 0.15) is 46.0 Å². The Bertz CT molecular complexity index is 272. The Hall–Kier alpha value is -0.610. The third-order valence-electron chi connectivity index (χ3n) is 3.74. The van der Waals surface area contributed by atoms with E-state index in [0.717, 1.165) is 32.1 Å². The second kappa shape index (κ2) is 5.36. The fourth-order valence-corrected chi connectivity index (χ4v) is 2.93. The molecule has 1 aliphatic heterocycles. The summed E-state index contributed by atoms with van der Waals surface area (Å²) in [5.41, 5.74) is 5.81. The van der Waals surface area contributed by atoms with E-state index in [2.05, 4.69) is 0 Å². The molecule has 0 amide bonds. The van der Waals surface area contributed by atoms with Gasteiger partial charge in [-0.15, -0.1) is 0 Å². The zero-order valence-electron chi connectivity index (χ0n) is 10.7. The minimum absolute atomic E-state index is 0.0260. The average molecular weight is 241 g/mol. The quantitative estimate of drug-likeness (QED) is 0.746. The van der Waals surface area contributed by atoms with Gasteiger partial charge in [0.2, 0.25) is 0 Å². The van der Waals surface area contributed by atoms with Gasteiger partial charge in [0.15, 0.2) is 0 Å². The molecule has 2 N–H and O–H groups in total. The van der Waals surface area contributed by atoms with Crippen molar-refractivity contribution < 1.29 is 14.3 Å². The van der Waals surface area contributed by atoms with Crippen molar-refractivity contribution in [1.82, 2.24) is 0 Å². The standard InChI is InChI=1S/C13H23NO3/c1-8-5-12(6-9(2)16-8)17-13(15)10-3-4-11(14)7-10/h8-12H,3-7,14H2,1-2H3. The van der Waals surface area contributed by atoms with Gasteiger partial charge in [-0.25, -0.2) is 0 Å².